The maximum absolute atomic E-state index is 13.4. The highest BCUT2D eigenvalue weighted by molar-refractivity contribution is 5.82. The number of benzene rings is 2. The molecule has 3 heterocycles. The zero-order valence-corrected chi connectivity index (χ0v) is 19.1. The number of morpholine rings is 1. The van der Waals surface area contributed by atoms with Gasteiger partial charge in [-0.25, -0.2) is 4.39 Å². The Labute approximate surface area is 195 Å². The molecule has 0 radical (unpaired) electrons. The van der Waals surface area contributed by atoms with Gasteiger partial charge in [0.25, 0.3) is 0 Å². The monoisotopic (exact) mass is 452 g/mol. The maximum atomic E-state index is 13.4. The van der Waals surface area contributed by atoms with Gasteiger partial charge in [0, 0.05) is 50.6 Å². The molecule has 1 amide bonds. The van der Waals surface area contributed by atoms with Gasteiger partial charge >= 0.3 is 0 Å². The third-order valence-electron chi connectivity index (χ3n) is 7.21. The van der Waals surface area contributed by atoms with E-state index in [1.807, 2.05) is 12.1 Å². The molecule has 2 atom stereocenters. The average molecular weight is 453 g/mol. The van der Waals surface area contributed by atoms with Crippen LogP contribution < -0.4 is 15.1 Å². The molecule has 2 aromatic carbocycles. The lowest BCUT2D eigenvalue weighted by Gasteiger charge is -2.49. The molecule has 176 valence electrons. The van der Waals surface area contributed by atoms with Gasteiger partial charge in [0.15, 0.2) is 0 Å². The third kappa shape index (κ3) is 4.99. The first-order valence-electron chi connectivity index (χ1n) is 12.1. The topological polar surface area (TPSA) is 48.1 Å². The SMILES string of the molecule is O=C(NCCCN1CCOCC1)[C@H]1Cc2ccccc2N2CCN(c3ccc(F)cc3)C[C@H]12. The van der Waals surface area contributed by atoms with Crippen molar-refractivity contribution >= 4 is 17.3 Å². The Kier molecular flexibility index (Phi) is 6.78. The number of piperazine rings is 1. The number of hydrogen-bond donors (Lipinski definition) is 1. The Hall–Kier alpha value is -2.64. The predicted octanol–water partition coefficient (Wildman–Crippen LogP) is 2.53. The van der Waals surface area contributed by atoms with Crippen molar-refractivity contribution in [1.82, 2.24) is 10.2 Å². The van der Waals surface area contributed by atoms with Crippen molar-refractivity contribution in [3.63, 3.8) is 0 Å². The second kappa shape index (κ2) is 10.1. The molecule has 33 heavy (non-hydrogen) atoms. The van der Waals surface area contributed by atoms with Crippen molar-refractivity contribution in [1.29, 1.82) is 0 Å². The van der Waals surface area contributed by atoms with Gasteiger partial charge in [-0.1, -0.05) is 18.2 Å². The summed E-state index contributed by atoms with van der Waals surface area (Å²) in [5, 5.41) is 3.23. The van der Waals surface area contributed by atoms with Crippen LogP contribution in [0.2, 0.25) is 0 Å². The van der Waals surface area contributed by atoms with Crippen molar-refractivity contribution in [3.8, 4) is 0 Å². The zero-order valence-electron chi connectivity index (χ0n) is 19.1. The number of nitrogens with zero attached hydrogens (tertiary/aromatic N) is 3. The molecule has 0 aromatic heterocycles. The molecule has 5 rings (SSSR count). The van der Waals surface area contributed by atoms with E-state index in [0.29, 0.717) is 6.54 Å². The number of para-hydroxylation sites is 1. The first-order chi connectivity index (χ1) is 16.2. The summed E-state index contributed by atoms with van der Waals surface area (Å²) in [6.45, 7) is 7.70. The molecule has 7 heteroatoms. The summed E-state index contributed by atoms with van der Waals surface area (Å²) in [5.41, 5.74) is 3.51. The Morgan fingerprint density at radius 2 is 1.82 bits per heavy atom. The first-order valence-corrected chi connectivity index (χ1v) is 12.1. The number of fused-ring (bicyclic) bond motifs is 3. The number of halogens is 1. The fourth-order valence-corrected chi connectivity index (χ4v) is 5.41. The van der Waals surface area contributed by atoms with E-state index in [1.54, 1.807) is 0 Å². The smallest absolute Gasteiger partial charge is 0.225 e. The number of carbonyl (C=O) groups is 1. The van der Waals surface area contributed by atoms with E-state index < -0.39 is 0 Å². The number of rotatable bonds is 6. The van der Waals surface area contributed by atoms with Gasteiger partial charge in [0.2, 0.25) is 5.91 Å². The Balaban J connectivity index is 1.26. The molecule has 3 aliphatic rings. The van der Waals surface area contributed by atoms with E-state index in [9.17, 15) is 9.18 Å². The standard InChI is InChI=1S/C26H33FN4O2/c27-21-6-8-22(9-7-21)30-12-13-31-24-5-2-1-4-20(24)18-23(25(31)19-30)26(32)28-10-3-11-29-14-16-33-17-15-29/h1-2,4-9,23,25H,3,10-19H2,(H,28,32)/t23-,25+/m0/s1. The Morgan fingerprint density at radius 3 is 2.64 bits per heavy atom. The van der Waals surface area contributed by atoms with Gasteiger partial charge in [-0.3, -0.25) is 9.69 Å². The zero-order chi connectivity index (χ0) is 22.6. The first kappa shape index (κ1) is 22.2. The summed E-state index contributed by atoms with van der Waals surface area (Å²) in [7, 11) is 0. The molecule has 6 nitrogen and oxygen atoms in total. The average Bonchev–Trinajstić information content (AvgIpc) is 2.87. The fraction of sp³-hybridized carbons (Fsp3) is 0.500. The molecule has 3 aliphatic heterocycles. The van der Waals surface area contributed by atoms with Crippen LogP contribution in [0.4, 0.5) is 15.8 Å². The summed E-state index contributed by atoms with van der Waals surface area (Å²) in [5.74, 6) is -0.188. The molecule has 1 N–H and O–H groups in total. The van der Waals surface area contributed by atoms with Crippen LogP contribution >= 0.6 is 0 Å². The largest absolute Gasteiger partial charge is 0.379 e. The van der Waals surface area contributed by atoms with Gasteiger partial charge in [0.1, 0.15) is 5.82 Å². The Bertz CT molecular complexity index is 948. The summed E-state index contributed by atoms with van der Waals surface area (Å²) in [6, 6.07) is 15.2. The molecule has 2 saturated heterocycles. The fourth-order valence-electron chi connectivity index (χ4n) is 5.41. The minimum absolute atomic E-state index is 0.0953. The molecule has 0 saturated carbocycles. The van der Waals surface area contributed by atoms with Gasteiger partial charge in [-0.15, -0.1) is 0 Å². The summed E-state index contributed by atoms with van der Waals surface area (Å²) < 4.78 is 18.8. The lowest BCUT2D eigenvalue weighted by atomic mass is 9.83. The van der Waals surface area contributed by atoms with Crippen LogP contribution in [0.25, 0.3) is 0 Å². The van der Waals surface area contributed by atoms with Crippen molar-refractivity contribution in [2.24, 2.45) is 5.92 Å². The second-order valence-corrected chi connectivity index (χ2v) is 9.22. The molecule has 2 aromatic rings. The van der Waals surface area contributed by atoms with Crippen molar-refractivity contribution in [2.45, 2.75) is 18.9 Å². The minimum atomic E-state index is -0.224. The van der Waals surface area contributed by atoms with E-state index in [2.05, 4.69) is 44.3 Å². The van der Waals surface area contributed by atoms with E-state index in [1.165, 1.54) is 23.4 Å². The van der Waals surface area contributed by atoms with Crippen LogP contribution in [0.3, 0.4) is 0 Å². The number of amides is 1. The van der Waals surface area contributed by atoms with Gasteiger partial charge < -0.3 is 19.9 Å². The maximum Gasteiger partial charge on any atom is 0.225 e. The van der Waals surface area contributed by atoms with Crippen molar-refractivity contribution in [3.05, 3.63) is 59.9 Å². The minimum Gasteiger partial charge on any atom is -0.379 e. The lowest BCUT2D eigenvalue weighted by Crippen LogP contribution is -2.61. The van der Waals surface area contributed by atoms with Crippen LogP contribution in [-0.4, -0.2) is 75.9 Å². The predicted molar refractivity (Wildman–Crippen MR) is 128 cm³/mol. The van der Waals surface area contributed by atoms with Crippen LogP contribution in [0.5, 0.6) is 0 Å². The molecule has 2 fully saturated rings. The molecular weight excluding hydrogens is 419 g/mol. The van der Waals surface area contributed by atoms with Crippen LogP contribution in [-0.2, 0) is 16.0 Å². The molecule has 0 spiro atoms. The second-order valence-electron chi connectivity index (χ2n) is 9.22. The summed E-state index contributed by atoms with van der Waals surface area (Å²) in [4.78, 5) is 20.5. The highest BCUT2D eigenvalue weighted by Gasteiger charge is 2.41. The lowest BCUT2D eigenvalue weighted by molar-refractivity contribution is -0.125. The summed E-state index contributed by atoms with van der Waals surface area (Å²) in [6.07, 6.45) is 1.70. The molecule has 0 unspecified atom stereocenters. The number of nitrogens with one attached hydrogen (secondary N) is 1. The number of hydrogen-bond acceptors (Lipinski definition) is 5. The highest BCUT2D eigenvalue weighted by atomic mass is 19.1. The Morgan fingerprint density at radius 1 is 1.03 bits per heavy atom. The highest BCUT2D eigenvalue weighted by Crippen LogP contribution is 2.36. The van der Waals surface area contributed by atoms with Crippen LogP contribution in [0.15, 0.2) is 48.5 Å². The van der Waals surface area contributed by atoms with Crippen LogP contribution in [0.1, 0.15) is 12.0 Å². The van der Waals surface area contributed by atoms with E-state index in [4.69, 9.17) is 4.74 Å². The van der Waals surface area contributed by atoms with Gasteiger partial charge in [-0.05, 0) is 55.3 Å². The number of carbonyl (C=O) groups excluding carboxylic acids is 1. The van der Waals surface area contributed by atoms with Crippen LogP contribution in [0, 0.1) is 11.7 Å². The normalized spacial score (nSPS) is 23.1. The third-order valence-corrected chi connectivity index (χ3v) is 7.21. The van der Waals surface area contributed by atoms with E-state index >= 15 is 0 Å². The van der Waals surface area contributed by atoms with Gasteiger partial charge in [-0.2, -0.15) is 0 Å². The quantitative estimate of drug-likeness (QED) is 0.683. The van der Waals surface area contributed by atoms with Crippen molar-refractivity contribution in [2.75, 3.05) is 68.8 Å². The number of anilines is 2. The molecule has 0 aliphatic carbocycles. The van der Waals surface area contributed by atoms with E-state index in [0.717, 1.165) is 71.0 Å². The summed E-state index contributed by atoms with van der Waals surface area (Å²) >= 11 is 0. The molecular formula is C26H33FN4O2. The van der Waals surface area contributed by atoms with Gasteiger partial charge in [0.05, 0.1) is 25.2 Å². The van der Waals surface area contributed by atoms with Crippen molar-refractivity contribution < 1.29 is 13.9 Å². The number of ether oxygens (including phenoxy) is 1. The molecule has 0 bridgehead atoms. The van der Waals surface area contributed by atoms with E-state index in [-0.39, 0.29) is 23.7 Å².